The minimum absolute atomic E-state index is 0.0494. The Labute approximate surface area is 154 Å². The Bertz CT molecular complexity index is 877. The molecule has 10 heteroatoms. The van der Waals surface area contributed by atoms with Gasteiger partial charge in [0, 0.05) is 37.1 Å². The Morgan fingerprint density at radius 3 is 2.70 bits per heavy atom. The zero-order valence-electron chi connectivity index (χ0n) is 14.4. The number of carboxylic acid groups (broad SMARTS) is 1. The number of amides is 1. The zero-order valence-corrected chi connectivity index (χ0v) is 14.4. The second-order valence-electron chi connectivity index (χ2n) is 6.65. The number of aromatic nitrogens is 2. The highest BCUT2D eigenvalue weighted by Gasteiger charge is 2.41. The van der Waals surface area contributed by atoms with E-state index >= 15 is 0 Å². The molecular formula is C17H18N6O4. The highest BCUT2D eigenvalue weighted by atomic mass is 16.6. The number of anilines is 3. The summed E-state index contributed by atoms with van der Waals surface area (Å²) >= 11 is 0. The highest BCUT2D eigenvalue weighted by molar-refractivity contribution is 5.74. The molecule has 1 aromatic carbocycles. The molecule has 1 amide bonds. The van der Waals surface area contributed by atoms with Gasteiger partial charge >= 0.3 is 6.09 Å². The minimum Gasteiger partial charge on any atom is -0.465 e. The number of hydrogen-bond acceptors (Lipinski definition) is 7. The molecule has 4 heterocycles. The van der Waals surface area contributed by atoms with Crippen molar-refractivity contribution in [2.75, 3.05) is 23.3 Å². The predicted octanol–water partition coefficient (Wildman–Crippen LogP) is 2.46. The quantitative estimate of drug-likeness (QED) is 0.621. The van der Waals surface area contributed by atoms with Crippen molar-refractivity contribution >= 4 is 29.0 Å². The smallest absolute Gasteiger partial charge is 0.407 e. The van der Waals surface area contributed by atoms with Crippen LogP contribution in [0.15, 0.2) is 36.8 Å². The third-order valence-electron chi connectivity index (χ3n) is 5.13. The van der Waals surface area contributed by atoms with Gasteiger partial charge in [0.1, 0.15) is 17.8 Å². The van der Waals surface area contributed by atoms with Crippen molar-refractivity contribution in [3.63, 3.8) is 0 Å². The number of piperazine rings is 1. The van der Waals surface area contributed by atoms with E-state index in [0.717, 1.165) is 18.5 Å². The third-order valence-corrected chi connectivity index (χ3v) is 5.13. The molecule has 0 aliphatic carbocycles. The highest BCUT2D eigenvalue weighted by Crippen LogP contribution is 2.37. The van der Waals surface area contributed by atoms with Crippen LogP contribution >= 0.6 is 0 Å². The van der Waals surface area contributed by atoms with Gasteiger partial charge < -0.3 is 20.2 Å². The van der Waals surface area contributed by atoms with Gasteiger partial charge in [-0.25, -0.2) is 14.8 Å². The summed E-state index contributed by atoms with van der Waals surface area (Å²) < 4.78 is 0. The lowest BCUT2D eigenvalue weighted by Gasteiger charge is -2.51. The number of nitro benzene ring substituents is 1. The van der Waals surface area contributed by atoms with Gasteiger partial charge in [0.2, 0.25) is 0 Å². The molecule has 3 aliphatic heterocycles. The molecule has 10 nitrogen and oxygen atoms in total. The fourth-order valence-corrected chi connectivity index (χ4v) is 3.84. The number of nitro groups is 1. The van der Waals surface area contributed by atoms with E-state index < -0.39 is 11.0 Å². The van der Waals surface area contributed by atoms with E-state index in [0.29, 0.717) is 24.6 Å². The Morgan fingerprint density at radius 2 is 2.07 bits per heavy atom. The average Bonchev–Trinajstić information content (AvgIpc) is 2.68. The summed E-state index contributed by atoms with van der Waals surface area (Å²) in [6.45, 7) is 1.04. The van der Waals surface area contributed by atoms with Crippen LogP contribution in [0.25, 0.3) is 0 Å². The standard InChI is InChI=1S/C17H18N6O4/c24-17(25)22-9-12-1-2-13(22)8-21(12)11-3-4-15(23(26)27)14(7-11)20-16-5-6-18-10-19-16/h3-7,10,12-13H,1-2,8-9H2,(H,24,25)(H,18,19,20)/t12-,13-/m1/s1. The minimum atomic E-state index is -0.890. The molecule has 0 radical (unpaired) electrons. The summed E-state index contributed by atoms with van der Waals surface area (Å²) in [4.78, 5) is 33.9. The van der Waals surface area contributed by atoms with Crippen LogP contribution in [-0.2, 0) is 0 Å². The number of nitrogens with one attached hydrogen (secondary N) is 1. The van der Waals surface area contributed by atoms with Gasteiger partial charge in [-0.1, -0.05) is 0 Å². The fraction of sp³-hybridized carbons (Fsp3) is 0.353. The first kappa shape index (κ1) is 17.0. The summed E-state index contributed by atoms with van der Waals surface area (Å²) in [6, 6.07) is 6.56. The van der Waals surface area contributed by atoms with Crippen molar-refractivity contribution in [3.05, 3.63) is 46.9 Å². The first-order valence-electron chi connectivity index (χ1n) is 8.60. The maximum atomic E-state index is 11.4. The maximum absolute atomic E-state index is 11.4. The summed E-state index contributed by atoms with van der Waals surface area (Å²) in [5.41, 5.74) is 1.12. The normalized spacial score (nSPS) is 21.2. The number of carbonyl (C=O) groups is 1. The fourth-order valence-electron chi connectivity index (χ4n) is 3.84. The second-order valence-corrected chi connectivity index (χ2v) is 6.65. The molecule has 2 bridgehead atoms. The van der Waals surface area contributed by atoms with Crippen LogP contribution in [0, 0.1) is 10.1 Å². The molecule has 140 valence electrons. The lowest BCUT2D eigenvalue weighted by Crippen LogP contribution is -2.63. The molecule has 1 aromatic heterocycles. The van der Waals surface area contributed by atoms with Crippen molar-refractivity contribution < 1.29 is 14.8 Å². The van der Waals surface area contributed by atoms with E-state index in [1.54, 1.807) is 24.4 Å². The van der Waals surface area contributed by atoms with Crippen LogP contribution in [0.5, 0.6) is 0 Å². The lowest BCUT2D eigenvalue weighted by atomic mass is 9.90. The Balaban J connectivity index is 1.64. The molecule has 3 saturated heterocycles. The summed E-state index contributed by atoms with van der Waals surface area (Å²) in [7, 11) is 0. The average molecular weight is 370 g/mol. The van der Waals surface area contributed by atoms with Gasteiger partial charge in [-0.3, -0.25) is 10.1 Å². The largest absolute Gasteiger partial charge is 0.465 e. The summed E-state index contributed by atoms with van der Waals surface area (Å²) in [5.74, 6) is 0.461. The second kappa shape index (κ2) is 6.71. The van der Waals surface area contributed by atoms with Gasteiger partial charge in [-0.05, 0) is 31.0 Å². The number of benzene rings is 1. The van der Waals surface area contributed by atoms with Crippen molar-refractivity contribution in [2.24, 2.45) is 0 Å². The van der Waals surface area contributed by atoms with Gasteiger partial charge in [0.25, 0.3) is 5.69 Å². The van der Waals surface area contributed by atoms with Crippen molar-refractivity contribution in [1.82, 2.24) is 14.9 Å². The van der Waals surface area contributed by atoms with Crippen LogP contribution in [0.4, 0.5) is 27.7 Å². The van der Waals surface area contributed by atoms with Crippen LogP contribution in [-0.4, -0.2) is 56.2 Å². The van der Waals surface area contributed by atoms with Crippen molar-refractivity contribution in [1.29, 1.82) is 0 Å². The molecule has 2 N–H and O–H groups in total. The van der Waals surface area contributed by atoms with Gasteiger partial charge in [0.15, 0.2) is 0 Å². The molecule has 3 fully saturated rings. The molecule has 27 heavy (non-hydrogen) atoms. The SMILES string of the molecule is O=C(O)N1C[C@H]2CC[C@@H]1CN2c1ccc([N+](=O)[O-])c(Nc2ccncn2)c1. The van der Waals surface area contributed by atoms with Crippen LogP contribution in [0.1, 0.15) is 12.8 Å². The van der Waals surface area contributed by atoms with Crippen molar-refractivity contribution in [3.8, 4) is 0 Å². The van der Waals surface area contributed by atoms with E-state index in [9.17, 15) is 20.0 Å². The predicted molar refractivity (Wildman–Crippen MR) is 97.3 cm³/mol. The monoisotopic (exact) mass is 370 g/mol. The molecular weight excluding hydrogens is 352 g/mol. The zero-order chi connectivity index (χ0) is 19.0. The lowest BCUT2D eigenvalue weighted by molar-refractivity contribution is -0.383. The van der Waals surface area contributed by atoms with E-state index in [1.807, 2.05) is 0 Å². The Hall–Kier alpha value is -3.43. The molecule has 0 spiro atoms. The van der Waals surface area contributed by atoms with E-state index in [1.165, 1.54) is 17.3 Å². The Morgan fingerprint density at radius 1 is 1.26 bits per heavy atom. The van der Waals surface area contributed by atoms with Crippen LogP contribution in [0.2, 0.25) is 0 Å². The van der Waals surface area contributed by atoms with Gasteiger partial charge in [-0.15, -0.1) is 0 Å². The molecule has 3 aliphatic rings. The van der Waals surface area contributed by atoms with Crippen LogP contribution in [0.3, 0.4) is 0 Å². The third kappa shape index (κ3) is 3.21. The summed E-state index contributed by atoms with van der Waals surface area (Å²) in [6.07, 6.45) is 3.77. The molecule has 2 aromatic rings. The topological polar surface area (TPSA) is 125 Å². The first-order chi connectivity index (χ1) is 13.0. The molecule has 2 atom stereocenters. The van der Waals surface area contributed by atoms with Gasteiger partial charge in [-0.2, -0.15) is 0 Å². The number of nitrogens with zero attached hydrogens (tertiary/aromatic N) is 5. The van der Waals surface area contributed by atoms with E-state index in [-0.39, 0.29) is 17.8 Å². The van der Waals surface area contributed by atoms with E-state index in [2.05, 4.69) is 20.2 Å². The molecule has 5 rings (SSSR count). The number of piperidine rings is 2. The number of fused-ring (bicyclic) bond motifs is 3. The molecule has 0 unspecified atom stereocenters. The van der Waals surface area contributed by atoms with Gasteiger partial charge in [0.05, 0.1) is 11.0 Å². The van der Waals surface area contributed by atoms with Crippen molar-refractivity contribution in [2.45, 2.75) is 24.9 Å². The number of rotatable bonds is 4. The summed E-state index contributed by atoms with van der Waals surface area (Å²) in [5, 5.41) is 23.7. The first-order valence-corrected chi connectivity index (χ1v) is 8.60. The Kier molecular flexibility index (Phi) is 4.22. The number of hydrogen-bond donors (Lipinski definition) is 2. The molecule has 0 saturated carbocycles. The van der Waals surface area contributed by atoms with E-state index in [4.69, 9.17) is 0 Å². The maximum Gasteiger partial charge on any atom is 0.407 e. The van der Waals surface area contributed by atoms with Crippen LogP contribution < -0.4 is 10.2 Å².